The molecule has 0 atom stereocenters. The average Bonchev–Trinajstić information content (AvgIpc) is 3.27. The van der Waals surface area contributed by atoms with Gasteiger partial charge >= 0.3 is 0 Å². The monoisotopic (exact) mass is 309 g/mol. The summed E-state index contributed by atoms with van der Waals surface area (Å²) >= 11 is 6.31. The molecule has 1 aliphatic rings. The minimum atomic E-state index is 0.0164. The molecular formula is C18H16ClN3. The van der Waals surface area contributed by atoms with Crippen LogP contribution >= 0.6 is 11.6 Å². The van der Waals surface area contributed by atoms with Gasteiger partial charge in [0.05, 0.1) is 10.4 Å². The molecule has 0 bridgehead atoms. The molecular weight excluding hydrogens is 294 g/mol. The SMILES string of the molecule is Cn1c(-c2ccccc2Cl)nnc1C1(c2ccccc2)CC1. The van der Waals surface area contributed by atoms with E-state index in [2.05, 4.69) is 39.0 Å². The summed E-state index contributed by atoms with van der Waals surface area (Å²) in [5, 5.41) is 9.61. The molecule has 0 saturated heterocycles. The zero-order valence-electron chi connectivity index (χ0n) is 12.3. The van der Waals surface area contributed by atoms with E-state index in [1.807, 2.05) is 37.4 Å². The van der Waals surface area contributed by atoms with Gasteiger partial charge in [-0.2, -0.15) is 0 Å². The van der Waals surface area contributed by atoms with Crippen LogP contribution in [0.15, 0.2) is 54.6 Å². The third-order valence-electron chi connectivity index (χ3n) is 4.49. The van der Waals surface area contributed by atoms with Gasteiger partial charge in [-0.1, -0.05) is 54.1 Å². The summed E-state index contributed by atoms with van der Waals surface area (Å²) in [5.74, 6) is 1.84. The predicted octanol–water partition coefficient (Wildman–Crippen LogP) is 4.22. The Hall–Kier alpha value is -2.13. The van der Waals surface area contributed by atoms with Crippen LogP contribution < -0.4 is 0 Å². The van der Waals surface area contributed by atoms with E-state index >= 15 is 0 Å². The molecule has 0 N–H and O–H groups in total. The summed E-state index contributed by atoms with van der Waals surface area (Å²) in [6.45, 7) is 0. The predicted molar refractivity (Wildman–Crippen MR) is 87.9 cm³/mol. The van der Waals surface area contributed by atoms with E-state index in [0.29, 0.717) is 5.02 Å². The Balaban J connectivity index is 1.82. The van der Waals surface area contributed by atoms with Crippen molar-refractivity contribution in [1.29, 1.82) is 0 Å². The highest BCUT2D eigenvalue weighted by Crippen LogP contribution is 2.53. The second kappa shape index (κ2) is 4.96. The topological polar surface area (TPSA) is 30.7 Å². The lowest BCUT2D eigenvalue weighted by Gasteiger charge is -2.15. The zero-order valence-corrected chi connectivity index (χ0v) is 13.1. The molecule has 0 radical (unpaired) electrons. The molecule has 2 aromatic carbocycles. The largest absolute Gasteiger partial charge is 0.313 e. The Morgan fingerprint density at radius 1 is 0.955 bits per heavy atom. The molecule has 3 nitrogen and oxygen atoms in total. The van der Waals surface area contributed by atoms with E-state index in [-0.39, 0.29) is 5.41 Å². The maximum Gasteiger partial charge on any atom is 0.165 e. The van der Waals surface area contributed by atoms with E-state index in [0.717, 1.165) is 30.1 Å². The summed E-state index contributed by atoms with van der Waals surface area (Å²) in [5.41, 5.74) is 2.26. The van der Waals surface area contributed by atoms with E-state index in [4.69, 9.17) is 11.6 Å². The van der Waals surface area contributed by atoms with Crippen LogP contribution in [0.3, 0.4) is 0 Å². The van der Waals surface area contributed by atoms with Crippen molar-refractivity contribution in [3.05, 3.63) is 71.0 Å². The Labute approximate surface area is 134 Å². The van der Waals surface area contributed by atoms with Crippen LogP contribution in [0.1, 0.15) is 24.2 Å². The van der Waals surface area contributed by atoms with Crippen molar-refractivity contribution in [2.45, 2.75) is 18.3 Å². The summed E-state index contributed by atoms with van der Waals surface area (Å²) in [7, 11) is 2.02. The molecule has 0 aliphatic heterocycles. The minimum Gasteiger partial charge on any atom is -0.313 e. The standard InChI is InChI=1S/C18H16ClN3/c1-22-16(14-9-5-6-10-15(14)19)20-21-17(22)18(11-12-18)13-7-3-2-4-8-13/h2-10H,11-12H2,1H3. The van der Waals surface area contributed by atoms with Crippen molar-refractivity contribution in [3.8, 4) is 11.4 Å². The molecule has 0 amide bonds. The fourth-order valence-electron chi connectivity index (χ4n) is 3.15. The zero-order chi connectivity index (χ0) is 15.2. The molecule has 0 unspecified atom stereocenters. The number of rotatable bonds is 3. The van der Waals surface area contributed by atoms with Gasteiger partial charge in [-0.05, 0) is 30.5 Å². The van der Waals surface area contributed by atoms with Gasteiger partial charge in [0.1, 0.15) is 5.82 Å². The molecule has 4 heteroatoms. The van der Waals surface area contributed by atoms with Gasteiger partial charge < -0.3 is 4.57 Å². The van der Waals surface area contributed by atoms with Crippen LogP contribution in [0, 0.1) is 0 Å². The second-order valence-corrected chi connectivity index (χ2v) is 6.24. The molecule has 1 aromatic heterocycles. The number of benzene rings is 2. The Kier molecular flexibility index (Phi) is 3.05. The Morgan fingerprint density at radius 3 is 2.32 bits per heavy atom. The van der Waals surface area contributed by atoms with Gasteiger partial charge in [0.2, 0.25) is 0 Å². The van der Waals surface area contributed by atoms with Crippen molar-refractivity contribution < 1.29 is 0 Å². The number of hydrogen-bond acceptors (Lipinski definition) is 2. The maximum absolute atomic E-state index is 6.31. The lowest BCUT2D eigenvalue weighted by Crippen LogP contribution is -2.15. The first-order chi connectivity index (χ1) is 10.7. The van der Waals surface area contributed by atoms with Crippen LogP contribution in [0.25, 0.3) is 11.4 Å². The fraction of sp³-hybridized carbons (Fsp3) is 0.222. The van der Waals surface area contributed by atoms with Gasteiger partial charge in [0.15, 0.2) is 5.82 Å². The van der Waals surface area contributed by atoms with Crippen molar-refractivity contribution in [2.24, 2.45) is 7.05 Å². The average molecular weight is 310 g/mol. The van der Waals surface area contributed by atoms with Crippen LogP contribution in [-0.2, 0) is 12.5 Å². The Morgan fingerprint density at radius 2 is 1.64 bits per heavy atom. The van der Waals surface area contributed by atoms with Crippen LogP contribution in [0.2, 0.25) is 5.02 Å². The normalized spacial score (nSPS) is 15.7. The van der Waals surface area contributed by atoms with Crippen LogP contribution in [0.5, 0.6) is 0 Å². The van der Waals surface area contributed by atoms with E-state index in [1.54, 1.807) is 0 Å². The highest BCUT2D eigenvalue weighted by molar-refractivity contribution is 6.33. The number of halogens is 1. The van der Waals surface area contributed by atoms with Crippen molar-refractivity contribution in [2.75, 3.05) is 0 Å². The number of nitrogens with zero attached hydrogens (tertiary/aromatic N) is 3. The minimum absolute atomic E-state index is 0.0164. The quantitative estimate of drug-likeness (QED) is 0.725. The first-order valence-corrected chi connectivity index (χ1v) is 7.80. The van der Waals surface area contributed by atoms with E-state index < -0.39 is 0 Å². The summed E-state index contributed by atoms with van der Waals surface area (Å²) in [6, 6.07) is 18.3. The molecule has 0 spiro atoms. The lowest BCUT2D eigenvalue weighted by atomic mass is 9.95. The first kappa shape index (κ1) is 13.5. The molecule has 4 rings (SSSR count). The van der Waals surface area contributed by atoms with Crippen molar-refractivity contribution in [3.63, 3.8) is 0 Å². The van der Waals surface area contributed by atoms with Gasteiger partial charge in [-0.15, -0.1) is 10.2 Å². The fourth-order valence-corrected chi connectivity index (χ4v) is 3.37. The van der Waals surface area contributed by atoms with E-state index in [1.165, 1.54) is 5.56 Å². The maximum atomic E-state index is 6.31. The van der Waals surface area contributed by atoms with Crippen LogP contribution in [0.4, 0.5) is 0 Å². The number of hydrogen-bond donors (Lipinski definition) is 0. The highest BCUT2D eigenvalue weighted by atomic mass is 35.5. The molecule has 1 fully saturated rings. The van der Waals surface area contributed by atoms with Crippen LogP contribution in [-0.4, -0.2) is 14.8 Å². The molecule has 3 aromatic rings. The van der Waals surface area contributed by atoms with Crippen molar-refractivity contribution in [1.82, 2.24) is 14.8 Å². The molecule has 22 heavy (non-hydrogen) atoms. The first-order valence-electron chi connectivity index (χ1n) is 7.43. The van der Waals surface area contributed by atoms with Gasteiger partial charge in [-0.25, -0.2) is 0 Å². The molecule has 1 aliphatic carbocycles. The third kappa shape index (κ3) is 1.97. The van der Waals surface area contributed by atoms with Gasteiger partial charge in [-0.3, -0.25) is 0 Å². The summed E-state index contributed by atoms with van der Waals surface area (Å²) < 4.78 is 2.08. The molecule has 1 saturated carbocycles. The van der Waals surface area contributed by atoms with Gasteiger partial charge in [0.25, 0.3) is 0 Å². The molecule has 1 heterocycles. The summed E-state index contributed by atoms with van der Waals surface area (Å²) in [6.07, 6.45) is 2.23. The number of aromatic nitrogens is 3. The molecule has 110 valence electrons. The lowest BCUT2D eigenvalue weighted by molar-refractivity contribution is 0.694. The second-order valence-electron chi connectivity index (χ2n) is 5.83. The summed E-state index contributed by atoms with van der Waals surface area (Å²) in [4.78, 5) is 0. The third-order valence-corrected chi connectivity index (χ3v) is 4.82. The van der Waals surface area contributed by atoms with E-state index in [9.17, 15) is 0 Å². The highest BCUT2D eigenvalue weighted by Gasteiger charge is 2.49. The Bertz CT molecular complexity index is 819. The van der Waals surface area contributed by atoms with Gasteiger partial charge in [0, 0.05) is 12.6 Å². The smallest absolute Gasteiger partial charge is 0.165 e. The van der Waals surface area contributed by atoms with Crippen molar-refractivity contribution >= 4 is 11.6 Å².